The molecular formula is C24H29NO8. The first-order valence-electron chi connectivity index (χ1n) is 10.7. The summed E-state index contributed by atoms with van der Waals surface area (Å²) in [4.78, 5) is 13.9. The molecule has 2 N–H and O–H groups in total. The first kappa shape index (κ1) is 23.0. The van der Waals surface area contributed by atoms with Crippen molar-refractivity contribution in [2.45, 2.75) is 38.5 Å². The number of phenols is 1. The number of aliphatic hydroxyl groups is 1. The number of esters is 1. The summed E-state index contributed by atoms with van der Waals surface area (Å²) in [6.45, 7) is 3.69. The highest BCUT2D eigenvalue weighted by atomic mass is 16.7. The number of phenolic OH excluding ortho intramolecular Hbond substituents is 1. The number of likely N-dealkylation sites (N-methyl/N-ethyl adjacent to an activating group) is 1. The van der Waals surface area contributed by atoms with Crippen molar-refractivity contribution in [3.63, 3.8) is 0 Å². The molecule has 178 valence electrons. The van der Waals surface area contributed by atoms with Crippen LogP contribution in [0.5, 0.6) is 28.7 Å². The van der Waals surface area contributed by atoms with Gasteiger partial charge in [-0.1, -0.05) is 13.0 Å². The summed E-state index contributed by atoms with van der Waals surface area (Å²) < 4.78 is 27.9. The van der Waals surface area contributed by atoms with Crippen LogP contribution in [0.2, 0.25) is 0 Å². The molecule has 2 aliphatic rings. The standard InChI is InChI=1S/C24H29NO8/c1-12-18-14(10-17-23(20(18)27)32-11-31-17)8-9-25(3)24(28)19-15(21(12)33-13(2)26)6-7-16(29-4)22(19)30-5/h6-7,10,12,21,24,27-28H,8-9,11H2,1-5H3. The number of ether oxygens (including phenoxy) is 5. The van der Waals surface area contributed by atoms with Crippen molar-refractivity contribution in [1.29, 1.82) is 0 Å². The number of aromatic hydroxyl groups is 1. The Balaban J connectivity index is 1.99. The maximum atomic E-state index is 12.2. The van der Waals surface area contributed by atoms with E-state index in [1.54, 1.807) is 24.1 Å². The van der Waals surface area contributed by atoms with Crippen LogP contribution in [0.1, 0.15) is 54.4 Å². The van der Waals surface area contributed by atoms with Gasteiger partial charge in [0.05, 0.1) is 14.2 Å². The van der Waals surface area contributed by atoms with Crippen LogP contribution in [0.4, 0.5) is 0 Å². The monoisotopic (exact) mass is 459 g/mol. The van der Waals surface area contributed by atoms with Crippen molar-refractivity contribution in [1.82, 2.24) is 4.90 Å². The van der Waals surface area contributed by atoms with Gasteiger partial charge in [-0.3, -0.25) is 9.69 Å². The number of benzene rings is 2. The fourth-order valence-electron chi connectivity index (χ4n) is 4.69. The second-order valence-electron chi connectivity index (χ2n) is 8.26. The van der Waals surface area contributed by atoms with Crippen LogP contribution in [0, 0.1) is 0 Å². The molecule has 0 saturated carbocycles. The first-order chi connectivity index (χ1) is 15.8. The molecule has 9 nitrogen and oxygen atoms in total. The Labute approximate surface area is 192 Å². The Morgan fingerprint density at radius 1 is 1.18 bits per heavy atom. The maximum Gasteiger partial charge on any atom is 0.303 e. The molecule has 0 fully saturated rings. The highest BCUT2D eigenvalue weighted by molar-refractivity contribution is 5.67. The molecule has 0 bridgehead atoms. The maximum absolute atomic E-state index is 12.2. The van der Waals surface area contributed by atoms with Crippen molar-refractivity contribution >= 4 is 5.97 Å². The number of carbonyl (C=O) groups is 1. The summed E-state index contributed by atoms with van der Waals surface area (Å²) in [5, 5.41) is 22.5. The summed E-state index contributed by atoms with van der Waals surface area (Å²) in [7, 11) is 4.80. The number of carbonyl (C=O) groups excluding carboxylic acids is 1. The second-order valence-corrected chi connectivity index (χ2v) is 8.26. The average molecular weight is 459 g/mol. The third kappa shape index (κ3) is 3.91. The van der Waals surface area contributed by atoms with Crippen molar-refractivity contribution in [2.24, 2.45) is 0 Å². The van der Waals surface area contributed by atoms with Gasteiger partial charge >= 0.3 is 5.97 Å². The van der Waals surface area contributed by atoms with Gasteiger partial charge in [-0.15, -0.1) is 0 Å². The second kappa shape index (κ2) is 8.99. The number of fused-ring (bicyclic) bond motifs is 3. The minimum Gasteiger partial charge on any atom is -0.504 e. The Morgan fingerprint density at radius 3 is 2.61 bits per heavy atom. The molecule has 2 aromatic carbocycles. The highest BCUT2D eigenvalue weighted by Crippen LogP contribution is 2.52. The molecule has 2 aromatic rings. The van der Waals surface area contributed by atoms with E-state index in [-0.39, 0.29) is 18.3 Å². The first-order valence-corrected chi connectivity index (χ1v) is 10.7. The topological polar surface area (TPSA) is 107 Å². The van der Waals surface area contributed by atoms with Gasteiger partial charge in [0.25, 0.3) is 0 Å². The minimum absolute atomic E-state index is 0.0198. The van der Waals surface area contributed by atoms with E-state index < -0.39 is 24.2 Å². The van der Waals surface area contributed by atoms with E-state index in [4.69, 9.17) is 23.7 Å². The Morgan fingerprint density at radius 2 is 1.94 bits per heavy atom. The van der Waals surface area contributed by atoms with Crippen LogP contribution < -0.4 is 18.9 Å². The SMILES string of the molecule is COc1ccc2c(c1OC)C(O)N(C)CCc1cc3c(c(O)c1C(C)C2OC(C)=O)OCO3. The number of nitrogens with zero attached hydrogens (tertiary/aromatic N) is 1. The fourth-order valence-corrected chi connectivity index (χ4v) is 4.69. The van der Waals surface area contributed by atoms with Gasteiger partial charge in [0, 0.05) is 36.1 Å². The summed E-state index contributed by atoms with van der Waals surface area (Å²) >= 11 is 0. The van der Waals surface area contributed by atoms with E-state index in [1.165, 1.54) is 21.1 Å². The van der Waals surface area contributed by atoms with Gasteiger partial charge in [-0.2, -0.15) is 0 Å². The number of hydrogen-bond acceptors (Lipinski definition) is 9. The molecule has 9 heteroatoms. The summed E-state index contributed by atoms with van der Waals surface area (Å²) in [6.07, 6.45) is -1.38. The predicted molar refractivity (Wildman–Crippen MR) is 118 cm³/mol. The molecule has 0 spiro atoms. The van der Waals surface area contributed by atoms with Gasteiger partial charge in [-0.05, 0) is 31.2 Å². The quantitative estimate of drug-likeness (QED) is 0.670. The molecule has 0 aromatic heterocycles. The molecule has 0 amide bonds. The van der Waals surface area contributed by atoms with Crippen LogP contribution >= 0.6 is 0 Å². The van der Waals surface area contributed by atoms with Crippen LogP contribution in [-0.2, 0) is 16.0 Å². The zero-order chi connectivity index (χ0) is 23.9. The zero-order valence-electron chi connectivity index (χ0n) is 19.4. The van der Waals surface area contributed by atoms with E-state index in [2.05, 4.69) is 0 Å². The lowest BCUT2D eigenvalue weighted by Gasteiger charge is -2.34. The fraction of sp³-hybridized carbons (Fsp3) is 0.458. The smallest absolute Gasteiger partial charge is 0.303 e. The van der Waals surface area contributed by atoms with Gasteiger partial charge in [0.15, 0.2) is 23.0 Å². The molecular weight excluding hydrogens is 430 g/mol. The molecule has 33 heavy (non-hydrogen) atoms. The lowest BCUT2D eigenvalue weighted by atomic mass is 9.83. The minimum atomic E-state index is -1.06. The Hall–Kier alpha value is -3.17. The zero-order valence-corrected chi connectivity index (χ0v) is 19.4. The van der Waals surface area contributed by atoms with Crippen molar-refractivity contribution in [2.75, 3.05) is 34.6 Å². The molecule has 3 atom stereocenters. The molecule has 4 rings (SSSR count). The summed E-state index contributed by atoms with van der Waals surface area (Å²) in [5.74, 6) is 0.543. The average Bonchev–Trinajstić information content (AvgIpc) is 3.27. The predicted octanol–water partition coefficient (Wildman–Crippen LogP) is 3.02. The molecule has 2 heterocycles. The van der Waals surface area contributed by atoms with Crippen molar-refractivity contribution in [3.05, 3.63) is 40.5 Å². The largest absolute Gasteiger partial charge is 0.504 e. The van der Waals surface area contributed by atoms with Gasteiger partial charge in [-0.25, -0.2) is 0 Å². The lowest BCUT2D eigenvalue weighted by Crippen LogP contribution is -2.31. The highest BCUT2D eigenvalue weighted by Gasteiger charge is 2.37. The molecule has 0 aliphatic carbocycles. The van der Waals surface area contributed by atoms with Crippen LogP contribution in [0.3, 0.4) is 0 Å². The van der Waals surface area contributed by atoms with E-state index in [0.29, 0.717) is 46.9 Å². The summed E-state index contributed by atoms with van der Waals surface area (Å²) in [5.41, 5.74) is 2.43. The lowest BCUT2D eigenvalue weighted by molar-refractivity contribution is -0.148. The van der Waals surface area contributed by atoms with Crippen molar-refractivity contribution < 1.29 is 38.7 Å². The number of rotatable bonds is 3. The van der Waals surface area contributed by atoms with E-state index in [0.717, 1.165) is 5.56 Å². The van der Waals surface area contributed by atoms with Gasteiger partial charge in [0.1, 0.15) is 12.3 Å². The van der Waals surface area contributed by atoms with Crippen LogP contribution in [0.25, 0.3) is 0 Å². The third-order valence-corrected chi connectivity index (χ3v) is 6.30. The van der Waals surface area contributed by atoms with E-state index in [9.17, 15) is 15.0 Å². The van der Waals surface area contributed by atoms with Crippen LogP contribution in [0.15, 0.2) is 18.2 Å². The Kier molecular flexibility index (Phi) is 6.27. The Bertz CT molecular complexity index is 1070. The molecule has 2 aliphatic heterocycles. The molecule has 0 saturated heterocycles. The van der Waals surface area contributed by atoms with E-state index in [1.807, 2.05) is 13.0 Å². The van der Waals surface area contributed by atoms with E-state index >= 15 is 0 Å². The molecule has 3 unspecified atom stereocenters. The number of methoxy groups -OCH3 is 2. The van der Waals surface area contributed by atoms with Gasteiger partial charge in [0.2, 0.25) is 12.5 Å². The van der Waals surface area contributed by atoms with Crippen LogP contribution in [-0.4, -0.2) is 55.7 Å². The number of hydrogen-bond donors (Lipinski definition) is 2. The third-order valence-electron chi connectivity index (χ3n) is 6.30. The molecule has 0 radical (unpaired) electrons. The van der Waals surface area contributed by atoms with Gasteiger partial charge < -0.3 is 33.9 Å². The number of aliphatic hydroxyl groups excluding tert-OH is 1. The normalized spacial score (nSPS) is 22.2. The van der Waals surface area contributed by atoms with Crippen molar-refractivity contribution in [3.8, 4) is 28.7 Å². The summed E-state index contributed by atoms with van der Waals surface area (Å²) in [6, 6.07) is 5.30.